The van der Waals surface area contributed by atoms with Crippen molar-refractivity contribution in [2.45, 2.75) is 19.1 Å². The molecule has 5 heteroatoms. The molecule has 0 aliphatic carbocycles. The van der Waals surface area contributed by atoms with Gasteiger partial charge in [-0.1, -0.05) is 30.3 Å². The van der Waals surface area contributed by atoms with Crippen molar-refractivity contribution in [3.63, 3.8) is 0 Å². The zero-order chi connectivity index (χ0) is 16.2. The monoisotopic (exact) mass is 355 g/mol. The highest BCUT2D eigenvalue weighted by Gasteiger charge is 2.16. The zero-order valence-electron chi connectivity index (χ0n) is 13.9. The van der Waals surface area contributed by atoms with Crippen LogP contribution in [0.1, 0.15) is 12.0 Å². The number of fused-ring (bicyclic) bond motifs is 1. The van der Waals surface area contributed by atoms with Crippen LogP contribution in [-0.2, 0) is 6.61 Å². The van der Waals surface area contributed by atoms with Crippen LogP contribution in [0.4, 0.5) is 5.69 Å². The average Bonchev–Trinajstić information content (AvgIpc) is 3.15. The number of benzene rings is 2. The number of nitrogens with one attached hydrogen (secondary N) is 2. The Morgan fingerprint density at radius 3 is 2.76 bits per heavy atom. The fraction of sp³-hybridized carbons (Fsp3) is 0.250. The predicted octanol–water partition coefficient (Wildman–Crippen LogP) is 4.01. The van der Waals surface area contributed by atoms with Crippen LogP contribution in [0.2, 0.25) is 0 Å². The van der Waals surface area contributed by atoms with E-state index in [2.05, 4.69) is 39.9 Å². The van der Waals surface area contributed by atoms with Gasteiger partial charge in [0.1, 0.15) is 17.9 Å². The summed E-state index contributed by atoms with van der Waals surface area (Å²) < 4.78 is 6.03. The van der Waals surface area contributed by atoms with Gasteiger partial charge < -0.3 is 15.4 Å². The van der Waals surface area contributed by atoms with Crippen LogP contribution in [0.3, 0.4) is 0 Å². The number of rotatable bonds is 5. The van der Waals surface area contributed by atoms with Crippen LogP contribution in [0.15, 0.2) is 60.8 Å². The van der Waals surface area contributed by atoms with Crippen LogP contribution < -0.4 is 15.4 Å². The van der Waals surface area contributed by atoms with Gasteiger partial charge in [-0.3, -0.25) is 4.98 Å². The largest absolute Gasteiger partial charge is 0.487 e. The van der Waals surface area contributed by atoms with Crippen molar-refractivity contribution in [2.75, 3.05) is 18.4 Å². The Hall–Kier alpha value is -2.30. The molecule has 0 amide bonds. The second kappa shape index (κ2) is 8.19. The van der Waals surface area contributed by atoms with E-state index in [9.17, 15) is 0 Å². The molecule has 0 bridgehead atoms. The summed E-state index contributed by atoms with van der Waals surface area (Å²) in [6.45, 7) is 2.63. The Balaban J connectivity index is 0.00000182. The molecule has 0 radical (unpaired) electrons. The standard InChI is InChI=1S/C20H21N3O.ClH/c1-2-5-15(6-3-1)14-24-19-9-8-18(23-16-10-12-21-13-16)17-7-4-11-22-20(17)19;/h1-9,11,16,21,23H,10,12-14H2;1H. The van der Waals surface area contributed by atoms with E-state index in [0.29, 0.717) is 12.6 Å². The lowest BCUT2D eigenvalue weighted by Gasteiger charge is -2.16. The highest BCUT2D eigenvalue weighted by atomic mass is 35.5. The van der Waals surface area contributed by atoms with Crippen molar-refractivity contribution < 1.29 is 4.74 Å². The van der Waals surface area contributed by atoms with E-state index in [4.69, 9.17) is 4.74 Å². The fourth-order valence-electron chi connectivity index (χ4n) is 3.12. The molecular formula is C20H22ClN3O. The first kappa shape index (κ1) is 17.5. The number of aromatic nitrogens is 1. The van der Waals surface area contributed by atoms with E-state index in [1.54, 1.807) is 0 Å². The minimum Gasteiger partial charge on any atom is -0.487 e. The topological polar surface area (TPSA) is 46.2 Å². The molecule has 1 fully saturated rings. The van der Waals surface area contributed by atoms with Gasteiger partial charge in [0.2, 0.25) is 0 Å². The number of hydrogen-bond acceptors (Lipinski definition) is 4. The minimum absolute atomic E-state index is 0. The number of pyridine rings is 1. The first-order chi connectivity index (χ1) is 11.9. The summed E-state index contributed by atoms with van der Waals surface area (Å²) >= 11 is 0. The molecule has 3 aromatic rings. The van der Waals surface area contributed by atoms with E-state index in [1.165, 1.54) is 0 Å². The third-order valence-electron chi connectivity index (χ3n) is 4.39. The first-order valence-electron chi connectivity index (χ1n) is 8.42. The van der Waals surface area contributed by atoms with E-state index in [-0.39, 0.29) is 12.4 Å². The molecule has 4 rings (SSSR count). The summed E-state index contributed by atoms with van der Waals surface area (Å²) in [4.78, 5) is 4.55. The molecule has 1 aromatic heterocycles. The Bertz CT molecular complexity index is 820. The zero-order valence-corrected chi connectivity index (χ0v) is 14.8. The van der Waals surface area contributed by atoms with Gasteiger partial charge in [0, 0.05) is 29.9 Å². The molecule has 2 N–H and O–H groups in total. The molecule has 1 saturated heterocycles. The third-order valence-corrected chi connectivity index (χ3v) is 4.39. The van der Waals surface area contributed by atoms with Crippen LogP contribution in [0.25, 0.3) is 10.9 Å². The van der Waals surface area contributed by atoms with Crippen molar-refractivity contribution in [1.82, 2.24) is 10.3 Å². The summed E-state index contributed by atoms with van der Waals surface area (Å²) in [5.41, 5.74) is 3.18. The van der Waals surface area contributed by atoms with E-state index in [1.807, 2.05) is 36.5 Å². The number of nitrogens with zero attached hydrogens (tertiary/aromatic N) is 1. The van der Waals surface area contributed by atoms with Crippen molar-refractivity contribution >= 4 is 29.0 Å². The van der Waals surface area contributed by atoms with Gasteiger partial charge in [-0.15, -0.1) is 12.4 Å². The maximum absolute atomic E-state index is 6.03. The summed E-state index contributed by atoms with van der Waals surface area (Å²) in [7, 11) is 0. The van der Waals surface area contributed by atoms with Gasteiger partial charge in [0.05, 0.1) is 0 Å². The predicted molar refractivity (Wildman–Crippen MR) is 105 cm³/mol. The number of ether oxygens (including phenoxy) is 1. The van der Waals surface area contributed by atoms with Gasteiger partial charge in [-0.05, 0) is 42.8 Å². The Kier molecular flexibility index (Phi) is 5.74. The van der Waals surface area contributed by atoms with Crippen molar-refractivity contribution in [3.05, 3.63) is 66.4 Å². The second-order valence-electron chi connectivity index (χ2n) is 6.12. The molecule has 4 nitrogen and oxygen atoms in total. The molecule has 1 aliphatic rings. The Labute approximate surface area is 154 Å². The number of anilines is 1. The average molecular weight is 356 g/mol. The van der Waals surface area contributed by atoms with Crippen LogP contribution in [-0.4, -0.2) is 24.1 Å². The van der Waals surface area contributed by atoms with Crippen molar-refractivity contribution in [1.29, 1.82) is 0 Å². The van der Waals surface area contributed by atoms with E-state index in [0.717, 1.165) is 47.4 Å². The molecule has 0 saturated carbocycles. The molecule has 130 valence electrons. The highest BCUT2D eigenvalue weighted by molar-refractivity contribution is 5.95. The Morgan fingerprint density at radius 2 is 1.96 bits per heavy atom. The lowest BCUT2D eigenvalue weighted by atomic mass is 10.1. The van der Waals surface area contributed by atoms with Gasteiger partial charge >= 0.3 is 0 Å². The fourth-order valence-corrected chi connectivity index (χ4v) is 3.12. The highest BCUT2D eigenvalue weighted by Crippen LogP contribution is 2.31. The first-order valence-corrected chi connectivity index (χ1v) is 8.42. The number of hydrogen-bond donors (Lipinski definition) is 2. The molecule has 1 atom stereocenters. The van der Waals surface area contributed by atoms with Crippen LogP contribution in [0, 0.1) is 0 Å². The van der Waals surface area contributed by atoms with Gasteiger partial charge in [-0.25, -0.2) is 0 Å². The molecule has 1 aliphatic heterocycles. The third kappa shape index (κ3) is 4.03. The second-order valence-corrected chi connectivity index (χ2v) is 6.12. The molecular weight excluding hydrogens is 334 g/mol. The van der Waals surface area contributed by atoms with Crippen LogP contribution >= 0.6 is 12.4 Å². The Morgan fingerprint density at radius 1 is 1.08 bits per heavy atom. The van der Waals surface area contributed by atoms with Crippen LogP contribution in [0.5, 0.6) is 5.75 Å². The smallest absolute Gasteiger partial charge is 0.146 e. The van der Waals surface area contributed by atoms with E-state index < -0.39 is 0 Å². The molecule has 0 spiro atoms. The molecule has 1 unspecified atom stereocenters. The number of halogens is 1. The SMILES string of the molecule is Cl.c1ccc(COc2ccc(NC3CCNC3)c3cccnc23)cc1. The lowest BCUT2D eigenvalue weighted by Crippen LogP contribution is -2.22. The normalized spacial score (nSPS) is 16.4. The van der Waals surface area contributed by atoms with Gasteiger partial charge in [0.15, 0.2) is 0 Å². The van der Waals surface area contributed by atoms with Crippen molar-refractivity contribution in [2.24, 2.45) is 0 Å². The maximum Gasteiger partial charge on any atom is 0.146 e. The lowest BCUT2D eigenvalue weighted by molar-refractivity contribution is 0.309. The quantitative estimate of drug-likeness (QED) is 0.726. The maximum atomic E-state index is 6.03. The molecule has 25 heavy (non-hydrogen) atoms. The molecule has 2 heterocycles. The van der Waals surface area contributed by atoms with Gasteiger partial charge in [0.25, 0.3) is 0 Å². The summed E-state index contributed by atoms with van der Waals surface area (Å²) in [6, 6.07) is 18.9. The summed E-state index contributed by atoms with van der Waals surface area (Å²) in [6.07, 6.45) is 2.96. The van der Waals surface area contributed by atoms with Gasteiger partial charge in [-0.2, -0.15) is 0 Å². The van der Waals surface area contributed by atoms with E-state index >= 15 is 0 Å². The van der Waals surface area contributed by atoms with Crippen molar-refractivity contribution in [3.8, 4) is 5.75 Å². The summed E-state index contributed by atoms with van der Waals surface area (Å²) in [5, 5.41) is 8.12. The minimum atomic E-state index is 0. The summed E-state index contributed by atoms with van der Waals surface area (Å²) in [5.74, 6) is 0.824. The molecule has 2 aromatic carbocycles.